The number of carbonyl (C=O) groups excluding carboxylic acids is 9. The molecule has 0 bridgehead atoms. The average Bonchev–Trinajstić information content (AvgIpc) is 3.51. The van der Waals surface area contributed by atoms with Crippen LogP contribution >= 0.6 is 0 Å². The zero-order chi connectivity index (χ0) is 46.0. The van der Waals surface area contributed by atoms with Crippen LogP contribution in [0.25, 0.3) is 0 Å². The molecule has 24 nitrogen and oxygen atoms in total. The van der Waals surface area contributed by atoms with Gasteiger partial charge in [-0.1, -0.05) is 12.1 Å². The molecule has 0 spiro atoms. The number of aliphatic carboxylic acids is 2. The first-order chi connectivity index (χ1) is 29.3. The zero-order valence-corrected chi connectivity index (χ0v) is 34.0. The number of imide groups is 1. The lowest BCUT2D eigenvalue weighted by Gasteiger charge is -2.42. The van der Waals surface area contributed by atoms with Crippen LogP contribution in [0.5, 0.6) is 0 Å². The van der Waals surface area contributed by atoms with Crippen LogP contribution in [-0.4, -0.2) is 156 Å². The van der Waals surface area contributed by atoms with Crippen LogP contribution < -0.4 is 32.3 Å². The first-order valence-electron chi connectivity index (χ1n) is 19.3. The molecule has 1 saturated heterocycles. The van der Waals surface area contributed by atoms with Crippen molar-refractivity contribution in [1.82, 2.24) is 31.1 Å². The van der Waals surface area contributed by atoms with E-state index >= 15 is 0 Å². The molecular formula is C38H50N8O16. The SMILES string of the molecule is CC(NC(=O)CCOCCOCCNC(=O)CCCN1C(=O)C=CC1=O)C(=O)NC(C)C(=O)NC(CC(N)=O)C(=O)Nc1ccc(COC(=O)N2CC(C(=O)O)(C(=O)O)C2)cc1. The summed E-state index contributed by atoms with van der Waals surface area (Å²) in [5.41, 5.74) is 3.86. The van der Waals surface area contributed by atoms with Crippen molar-refractivity contribution in [3.63, 3.8) is 0 Å². The highest BCUT2D eigenvalue weighted by Crippen LogP contribution is 2.32. The van der Waals surface area contributed by atoms with E-state index in [4.69, 9.17) is 19.9 Å². The fraction of sp³-hybridized carbons (Fsp3) is 0.500. The van der Waals surface area contributed by atoms with Gasteiger partial charge in [-0.25, -0.2) is 4.79 Å². The van der Waals surface area contributed by atoms with E-state index in [1.807, 2.05) is 0 Å². The van der Waals surface area contributed by atoms with Crippen molar-refractivity contribution in [2.24, 2.45) is 11.1 Å². The largest absolute Gasteiger partial charge is 0.480 e. The second-order valence-electron chi connectivity index (χ2n) is 14.1. The third-order valence-electron chi connectivity index (χ3n) is 9.24. The van der Waals surface area contributed by atoms with Crippen LogP contribution in [0.2, 0.25) is 0 Å². The number of amides is 9. The number of hydrogen-bond acceptors (Lipinski definition) is 14. The van der Waals surface area contributed by atoms with Crippen LogP contribution in [0.3, 0.4) is 0 Å². The number of nitrogens with zero attached hydrogens (tertiary/aromatic N) is 2. The van der Waals surface area contributed by atoms with Crippen molar-refractivity contribution in [3.05, 3.63) is 42.0 Å². The molecule has 3 atom stereocenters. The maximum Gasteiger partial charge on any atom is 0.410 e. The normalized spacial score (nSPS) is 15.3. The summed E-state index contributed by atoms with van der Waals surface area (Å²) in [6, 6.07) is 2.06. The predicted molar refractivity (Wildman–Crippen MR) is 210 cm³/mol. The number of carboxylic acids is 2. The van der Waals surface area contributed by atoms with Crippen LogP contribution in [0, 0.1) is 5.41 Å². The Morgan fingerprint density at radius 1 is 0.758 bits per heavy atom. The van der Waals surface area contributed by atoms with Gasteiger partial charge < -0.3 is 61.6 Å². The molecule has 9 amide bonds. The fourth-order valence-electron chi connectivity index (χ4n) is 5.62. The number of benzene rings is 1. The lowest BCUT2D eigenvalue weighted by Crippen LogP contribution is -2.65. The summed E-state index contributed by atoms with van der Waals surface area (Å²) < 4.78 is 15.8. The molecule has 1 fully saturated rings. The Labute approximate surface area is 354 Å². The van der Waals surface area contributed by atoms with Gasteiger partial charge in [0.1, 0.15) is 24.7 Å². The van der Waals surface area contributed by atoms with Crippen molar-refractivity contribution in [1.29, 1.82) is 0 Å². The second-order valence-corrected chi connectivity index (χ2v) is 14.1. The molecule has 1 aromatic rings. The summed E-state index contributed by atoms with van der Waals surface area (Å²) in [5, 5.41) is 30.8. The summed E-state index contributed by atoms with van der Waals surface area (Å²) in [7, 11) is 0. The molecule has 0 radical (unpaired) electrons. The lowest BCUT2D eigenvalue weighted by atomic mass is 9.80. The number of carboxylic acid groups (broad SMARTS) is 2. The lowest BCUT2D eigenvalue weighted by molar-refractivity contribution is -0.176. The first kappa shape index (κ1) is 49.4. The van der Waals surface area contributed by atoms with Gasteiger partial charge in [-0.3, -0.25) is 52.8 Å². The van der Waals surface area contributed by atoms with E-state index < -0.39 is 102 Å². The minimum Gasteiger partial charge on any atom is -0.480 e. The van der Waals surface area contributed by atoms with Gasteiger partial charge in [0.2, 0.25) is 35.4 Å². The predicted octanol–water partition coefficient (Wildman–Crippen LogP) is -2.65. The average molecular weight is 875 g/mol. The molecular weight excluding hydrogens is 824 g/mol. The van der Waals surface area contributed by atoms with E-state index in [0.717, 1.165) is 9.80 Å². The number of likely N-dealkylation sites (tertiary alicyclic amines) is 1. The number of ether oxygens (including phenoxy) is 3. The highest BCUT2D eigenvalue weighted by Gasteiger charge is 2.58. The number of nitrogens with one attached hydrogen (secondary N) is 5. The van der Waals surface area contributed by atoms with Gasteiger partial charge in [0.05, 0.1) is 45.9 Å². The van der Waals surface area contributed by atoms with E-state index in [9.17, 15) is 63.0 Å². The molecule has 2 aliphatic heterocycles. The maximum atomic E-state index is 13.0. The Balaban J connectivity index is 1.29. The van der Waals surface area contributed by atoms with Crippen molar-refractivity contribution in [3.8, 4) is 0 Å². The van der Waals surface area contributed by atoms with Crippen molar-refractivity contribution in [2.45, 2.75) is 64.3 Å². The number of primary amides is 1. The molecule has 0 aromatic heterocycles. The summed E-state index contributed by atoms with van der Waals surface area (Å²) in [4.78, 5) is 134. The Bertz CT molecular complexity index is 1860. The molecule has 0 saturated carbocycles. The number of nitrogens with two attached hydrogens (primary N) is 1. The van der Waals surface area contributed by atoms with Crippen molar-refractivity contribution < 1.29 is 77.2 Å². The van der Waals surface area contributed by atoms with Gasteiger partial charge in [0.15, 0.2) is 5.41 Å². The molecule has 62 heavy (non-hydrogen) atoms. The third kappa shape index (κ3) is 15.3. The molecule has 3 unspecified atom stereocenters. The molecule has 24 heteroatoms. The molecule has 1 aromatic carbocycles. The molecule has 2 heterocycles. The smallest absolute Gasteiger partial charge is 0.410 e. The Hall–Kier alpha value is -6.95. The summed E-state index contributed by atoms with van der Waals surface area (Å²) in [6.45, 7) is 2.24. The number of hydrogen-bond donors (Lipinski definition) is 8. The fourth-order valence-corrected chi connectivity index (χ4v) is 5.62. The summed E-state index contributed by atoms with van der Waals surface area (Å²) in [5.74, 6) is -8.03. The Morgan fingerprint density at radius 2 is 1.34 bits per heavy atom. The van der Waals surface area contributed by atoms with Crippen molar-refractivity contribution in [2.75, 3.05) is 57.9 Å². The van der Waals surface area contributed by atoms with E-state index in [1.165, 1.54) is 50.3 Å². The monoisotopic (exact) mass is 874 g/mol. The second kappa shape index (κ2) is 23.7. The van der Waals surface area contributed by atoms with Gasteiger partial charge in [-0.2, -0.15) is 0 Å². The quantitative estimate of drug-likeness (QED) is 0.0268. The minimum absolute atomic E-state index is 0.00793. The Kier molecular flexibility index (Phi) is 18.9. The van der Waals surface area contributed by atoms with Gasteiger partial charge in [-0.05, 0) is 38.0 Å². The Morgan fingerprint density at radius 3 is 1.94 bits per heavy atom. The van der Waals surface area contributed by atoms with Crippen LogP contribution in [0.1, 0.15) is 45.1 Å². The van der Waals surface area contributed by atoms with E-state index in [1.54, 1.807) is 0 Å². The van der Waals surface area contributed by atoms with Crippen molar-refractivity contribution >= 4 is 71.0 Å². The standard InChI is InChI=1S/C38H50N8O16/c1-22(41-29(49)11-14-60-16-17-61-15-12-40-28(48)4-3-13-46-30(50)9-10-31(46)51)32(52)42-23(2)33(53)44-26(18-27(39)47)34(54)43-25-7-5-24(6-8-25)19-62-37(59)45-20-38(21-45,35(55)56)36(57)58/h5-10,22-23,26H,3-4,11-21H2,1-2H3,(H2,39,47)(H,40,48)(H,41,49)(H,42,52)(H,43,54)(H,44,53)(H,55,56)(H,57,58). The van der Waals surface area contributed by atoms with Crippen LogP contribution in [0.15, 0.2) is 36.4 Å². The topological polar surface area (TPSA) is 349 Å². The maximum absolute atomic E-state index is 13.0. The first-order valence-corrected chi connectivity index (χ1v) is 19.3. The number of carbonyl (C=O) groups is 11. The van der Waals surface area contributed by atoms with E-state index in [0.29, 0.717) is 12.0 Å². The highest BCUT2D eigenvalue weighted by atomic mass is 16.6. The summed E-state index contributed by atoms with van der Waals surface area (Å²) in [6.07, 6.45) is 1.20. The minimum atomic E-state index is -2.09. The van der Waals surface area contributed by atoms with E-state index in [-0.39, 0.29) is 70.6 Å². The van der Waals surface area contributed by atoms with Crippen LogP contribution in [-0.2, 0) is 68.8 Å². The van der Waals surface area contributed by atoms with E-state index in [2.05, 4.69) is 26.6 Å². The van der Waals surface area contributed by atoms with Gasteiger partial charge in [0, 0.05) is 43.8 Å². The number of rotatable bonds is 26. The molecule has 3 rings (SSSR count). The van der Waals surface area contributed by atoms with Crippen LogP contribution in [0.4, 0.5) is 10.5 Å². The van der Waals surface area contributed by atoms with Gasteiger partial charge in [0.25, 0.3) is 11.8 Å². The third-order valence-corrected chi connectivity index (χ3v) is 9.24. The molecule has 0 aliphatic carbocycles. The summed E-state index contributed by atoms with van der Waals surface area (Å²) >= 11 is 0. The zero-order valence-electron chi connectivity index (χ0n) is 34.0. The molecule has 9 N–H and O–H groups in total. The number of anilines is 1. The molecule has 2 aliphatic rings. The van der Waals surface area contributed by atoms with Gasteiger partial charge in [-0.15, -0.1) is 0 Å². The molecule has 338 valence electrons. The van der Waals surface area contributed by atoms with Gasteiger partial charge >= 0.3 is 18.0 Å². The highest BCUT2D eigenvalue weighted by molar-refractivity contribution is 6.12.